The van der Waals surface area contributed by atoms with Crippen LogP contribution < -0.4 is 0 Å². The Balaban J connectivity index is 1.75. The number of carbonyl (C=O) groups is 1. The van der Waals surface area contributed by atoms with E-state index >= 15 is 0 Å². The van der Waals surface area contributed by atoms with Crippen molar-refractivity contribution in [3.8, 4) is 0 Å². The molecule has 0 fully saturated rings. The zero-order valence-electron chi connectivity index (χ0n) is 11.8. The molecule has 3 aromatic rings. The Bertz CT molecular complexity index is 781. The van der Waals surface area contributed by atoms with Gasteiger partial charge in [-0.25, -0.2) is 9.48 Å². The number of hydrogen-bond acceptors (Lipinski definition) is 5. The standard InChI is InChI=1S/C16H15N3O3/c20-9-10-22-16(21)13-7-5-12(6-8-13)11-19-15-4-2-1-3-14(15)17-18-19/h1-8,20H,9-11H2. The van der Waals surface area contributed by atoms with E-state index in [2.05, 4.69) is 10.3 Å². The van der Waals surface area contributed by atoms with Crippen molar-refractivity contribution in [2.75, 3.05) is 13.2 Å². The number of para-hydroxylation sites is 1. The van der Waals surface area contributed by atoms with Gasteiger partial charge in [0.25, 0.3) is 0 Å². The highest BCUT2D eigenvalue weighted by molar-refractivity contribution is 5.89. The maximum Gasteiger partial charge on any atom is 0.338 e. The zero-order valence-corrected chi connectivity index (χ0v) is 11.8. The van der Waals surface area contributed by atoms with Gasteiger partial charge in [-0.3, -0.25) is 0 Å². The number of aromatic nitrogens is 3. The van der Waals surface area contributed by atoms with Gasteiger partial charge >= 0.3 is 5.97 Å². The number of aliphatic hydroxyl groups is 1. The summed E-state index contributed by atoms with van der Waals surface area (Å²) in [4.78, 5) is 11.6. The SMILES string of the molecule is O=C(OCCO)c1ccc(Cn2nnc3ccccc32)cc1. The Labute approximate surface area is 126 Å². The van der Waals surface area contributed by atoms with E-state index in [9.17, 15) is 4.79 Å². The van der Waals surface area contributed by atoms with Crippen LogP contribution in [0, 0.1) is 0 Å². The highest BCUT2D eigenvalue weighted by atomic mass is 16.5. The maximum absolute atomic E-state index is 11.6. The summed E-state index contributed by atoms with van der Waals surface area (Å²) in [5.41, 5.74) is 3.29. The van der Waals surface area contributed by atoms with Crippen LogP contribution in [0.25, 0.3) is 11.0 Å². The molecular weight excluding hydrogens is 282 g/mol. The molecule has 0 radical (unpaired) electrons. The van der Waals surface area contributed by atoms with Gasteiger partial charge in [-0.05, 0) is 29.8 Å². The number of benzene rings is 2. The predicted octanol–water partition coefficient (Wildman–Crippen LogP) is 1.63. The largest absolute Gasteiger partial charge is 0.460 e. The molecule has 0 saturated carbocycles. The first kappa shape index (κ1) is 14.2. The molecule has 1 aromatic heterocycles. The lowest BCUT2D eigenvalue weighted by atomic mass is 10.1. The predicted molar refractivity (Wildman–Crippen MR) is 80.4 cm³/mol. The van der Waals surface area contributed by atoms with Gasteiger partial charge in [-0.1, -0.05) is 29.5 Å². The molecule has 6 nitrogen and oxygen atoms in total. The Morgan fingerprint density at radius 3 is 2.68 bits per heavy atom. The van der Waals surface area contributed by atoms with Crippen LogP contribution in [0.5, 0.6) is 0 Å². The first-order chi connectivity index (χ1) is 10.8. The number of nitrogens with zero attached hydrogens (tertiary/aromatic N) is 3. The highest BCUT2D eigenvalue weighted by Gasteiger charge is 2.08. The first-order valence-corrected chi connectivity index (χ1v) is 6.93. The van der Waals surface area contributed by atoms with E-state index in [1.54, 1.807) is 12.1 Å². The third-order valence-electron chi connectivity index (χ3n) is 3.27. The molecule has 0 unspecified atom stereocenters. The molecule has 0 atom stereocenters. The van der Waals surface area contributed by atoms with Gasteiger partial charge in [0.1, 0.15) is 12.1 Å². The molecule has 0 bridgehead atoms. The molecule has 1 N–H and O–H groups in total. The van der Waals surface area contributed by atoms with Gasteiger partial charge < -0.3 is 9.84 Å². The van der Waals surface area contributed by atoms with Crippen molar-refractivity contribution in [3.05, 3.63) is 59.7 Å². The maximum atomic E-state index is 11.6. The Kier molecular flexibility index (Phi) is 4.11. The van der Waals surface area contributed by atoms with E-state index in [1.165, 1.54) is 0 Å². The lowest BCUT2D eigenvalue weighted by Gasteiger charge is -2.05. The van der Waals surface area contributed by atoms with Crippen molar-refractivity contribution in [1.29, 1.82) is 0 Å². The van der Waals surface area contributed by atoms with Crippen molar-refractivity contribution in [3.63, 3.8) is 0 Å². The van der Waals surface area contributed by atoms with Crippen LogP contribution in [0.4, 0.5) is 0 Å². The molecule has 0 amide bonds. The van der Waals surface area contributed by atoms with Gasteiger partial charge in [0.15, 0.2) is 0 Å². The Morgan fingerprint density at radius 1 is 1.14 bits per heavy atom. The number of fused-ring (bicyclic) bond motifs is 1. The molecule has 0 aliphatic carbocycles. The zero-order chi connectivity index (χ0) is 15.4. The van der Waals surface area contributed by atoms with Crippen molar-refractivity contribution >= 4 is 17.0 Å². The van der Waals surface area contributed by atoms with Crippen LogP contribution in [0.3, 0.4) is 0 Å². The number of aliphatic hydroxyl groups excluding tert-OH is 1. The van der Waals surface area contributed by atoms with Gasteiger partial charge in [-0.15, -0.1) is 5.10 Å². The minimum atomic E-state index is -0.438. The summed E-state index contributed by atoms with van der Waals surface area (Å²) in [7, 11) is 0. The van der Waals surface area contributed by atoms with E-state index in [1.807, 2.05) is 41.1 Å². The second-order valence-corrected chi connectivity index (χ2v) is 4.79. The van der Waals surface area contributed by atoms with E-state index in [-0.39, 0.29) is 13.2 Å². The fraction of sp³-hybridized carbons (Fsp3) is 0.188. The fourth-order valence-electron chi connectivity index (χ4n) is 2.17. The summed E-state index contributed by atoms with van der Waals surface area (Å²) < 4.78 is 6.68. The second kappa shape index (κ2) is 6.36. The monoisotopic (exact) mass is 297 g/mol. The molecule has 22 heavy (non-hydrogen) atoms. The van der Waals surface area contributed by atoms with Crippen LogP contribution >= 0.6 is 0 Å². The quantitative estimate of drug-likeness (QED) is 0.724. The van der Waals surface area contributed by atoms with Gasteiger partial charge in [0, 0.05) is 0 Å². The van der Waals surface area contributed by atoms with Gasteiger partial charge in [0.2, 0.25) is 0 Å². The summed E-state index contributed by atoms with van der Waals surface area (Å²) >= 11 is 0. The molecule has 0 spiro atoms. The lowest BCUT2D eigenvalue weighted by molar-refractivity contribution is 0.0434. The molecule has 1 heterocycles. The van der Waals surface area contributed by atoms with E-state index in [0.717, 1.165) is 16.6 Å². The molecular formula is C16H15N3O3. The van der Waals surface area contributed by atoms with Crippen molar-refractivity contribution in [2.45, 2.75) is 6.54 Å². The Hall–Kier alpha value is -2.73. The second-order valence-electron chi connectivity index (χ2n) is 4.79. The minimum Gasteiger partial charge on any atom is -0.460 e. The number of hydrogen-bond donors (Lipinski definition) is 1. The third kappa shape index (κ3) is 2.96. The lowest BCUT2D eigenvalue weighted by Crippen LogP contribution is -2.09. The molecule has 6 heteroatoms. The van der Waals surface area contributed by atoms with Crippen LogP contribution in [0.1, 0.15) is 15.9 Å². The summed E-state index contributed by atoms with van der Waals surface area (Å²) in [6.07, 6.45) is 0. The average molecular weight is 297 g/mol. The third-order valence-corrected chi connectivity index (χ3v) is 3.27. The van der Waals surface area contributed by atoms with Gasteiger partial charge in [-0.2, -0.15) is 0 Å². The molecule has 112 valence electrons. The summed E-state index contributed by atoms with van der Waals surface area (Å²) in [6, 6.07) is 14.9. The summed E-state index contributed by atoms with van der Waals surface area (Å²) in [5, 5.41) is 16.9. The van der Waals surface area contributed by atoms with E-state index in [4.69, 9.17) is 9.84 Å². The number of ether oxygens (including phenoxy) is 1. The molecule has 0 saturated heterocycles. The molecule has 0 aliphatic heterocycles. The normalized spacial score (nSPS) is 10.8. The number of esters is 1. The van der Waals surface area contributed by atoms with Crippen LogP contribution in [0.2, 0.25) is 0 Å². The van der Waals surface area contributed by atoms with E-state index < -0.39 is 5.97 Å². The van der Waals surface area contributed by atoms with Crippen LogP contribution in [-0.4, -0.2) is 39.3 Å². The molecule has 3 rings (SSSR count). The van der Waals surface area contributed by atoms with Crippen molar-refractivity contribution in [2.24, 2.45) is 0 Å². The topological polar surface area (TPSA) is 77.2 Å². The smallest absolute Gasteiger partial charge is 0.338 e. The van der Waals surface area contributed by atoms with Crippen LogP contribution in [-0.2, 0) is 11.3 Å². The van der Waals surface area contributed by atoms with E-state index in [0.29, 0.717) is 12.1 Å². The molecule has 0 aliphatic rings. The average Bonchev–Trinajstić information content (AvgIpc) is 2.96. The Morgan fingerprint density at radius 2 is 1.91 bits per heavy atom. The van der Waals surface area contributed by atoms with Gasteiger partial charge in [0.05, 0.1) is 24.2 Å². The number of carbonyl (C=O) groups excluding carboxylic acids is 1. The van der Waals surface area contributed by atoms with Crippen molar-refractivity contribution in [1.82, 2.24) is 15.0 Å². The van der Waals surface area contributed by atoms with Crippen molar-refractivity contribution < 1.29 is 14.6 Å². The number of rotatable bonds is 5. The summed E-state index contributed by atoms with van der Waals surface area (Å²) in [6.45, 7) is 0.404. The summed E-state index contributed by atoms with van der Waals surface area (Å²) in [5.74, 6) is -0.438. The highest BCUT2D eigenvalue weighted by Crippen LogP contribution is 2.13. The molecule has 2 aromatic carbocycles. The van der Waals surface area contributed by atoms with Crippen LogP contribution in [0.15, 0.2) is 48.5 Å². The fourth-order valence-corrected chi connectivity index (χ4v) is 2.17. The first-order valence-electron chi connectivity index (χ1n) is 6.93. The minimum absolute atomic E-state index is 0.00549.